The summed E-state index contributed by atoms with van der Waals surface area (Å²) in [6.07, 6.45) is 3.49. The van der Waals surface area contributed by atoms with Gasteiger partial charge >= 0.3 is 5.97 Å². The summed E-state index contributed by atoms with van der Waals surface area (Å²) in [6, 6.07) is 0. The third-order valence-corrected chi connectivity index (χ3v) is 6.11. The minimum Gasteiger partial charge on any atom is -0.468 e. The fourth-order valence-corrected chi connectivity index (χ4v) is 5.00. The molecule has 7 nitrogen and oxygen atoms in total. The summed E-state index contributed by atoms with van der Waals surface area (Å²) in [5, 5.41) is 4.14. The zero-order valence-electron chi connectivity index (χ0n) is 13.5. The van der Waals surface area contributed by atoms with Crippen LogP contribution >= 0.6 is 0 Å². The molecular weight excluding hydrogens is 306 g/mol. The number of ether oxygens (including phenoxy) is 1. The normalized spacial score (nSPS) is 18.2. The van der Waals surface area contributed by atoms with Gasteiger partial charge in [-0.1, -0.05) is 19.3 Å². The fourth-order valence-electron chi connectivity index (χ4n) is 3.15. The van der Waals surface area contributed by atoms with E-state index in [1.54, 1.807) is 20.9 Å². The van der Waals surface area contributed by atoms with Crippen molar-refractivity contribution in [1.29, 1.82) is 0 Å². The lowest BCUT2D eigenvalue weighted by atomic mass is 9.83. The Balaban J connectivity index is 2.42. The summed E-state index contributed by atoms with van der Waals surface area (Å²) in [5.41, 5.74) is -0.204. The number of aryl methyl sites for hydroxylation is 2. The second-order valence-electron chi connectivity index (χ2n) is 5.86. The van der Waals surface area contributed by atoms with Gasteiger partial charge in [0, 0.05) is 7.05 Å². The molecule has 1 aliphatic rings. The van der Waals surface area contributed by atoms with Crippen molar-refractivity contribution in [3.05, 3.63) is 11.4 Å². The molecular formula is C14H23N3O4S. The Morgan fingerprint density at radius 3 is 2.32 bits per heavy atom. The van der Waals surface area contributed by atoms with Gasteiger partial charge in [-0.2, -0.15) is 9.82 Å². The summed E-state index contributed by atoms with van der Waals surface area (Å²) < 4.78 is 34.6. The van der Waals surface area contributed by atoms with Crippen molar-refractivity contribution >= 4 is 16.0 Å². The van der Waals surface area contributed by atoms with Crippen molar-refractivity contribution in [3.63, 3.8) is 0 Å². The van der Waals surface area contributed by atoms with E-state index in [1.807, 2.05) is 0 Å². The number of aromatic nitrogens is 2. The highest BCUT2D eigenvalue weighted by Crippen LogP contribution is 2.32. The smallest absolute Gasteiger partial charge is 0.327 e. The molecule has 8 heteroatoms. The molecule has 0 aromatic carbocycles. The van der Waals surface area contributed by atoms with Gasteiger partial charge in [0.25, 0.3) is 0 Å². The first-order valence-corrected chi connectivity index (χ1v) is 8.84. The summed E-state index contributed by atoms with van der Waals surface area (Å²) in [7, 11) is -0.870. The summed E-state index contributed by atoms with van der Waals surface area (Å²) in [4.78, 5) is 12.3. The van der Waals surface area contributed by atoms with Crippen LogP contribution in [0.3, 0.4) is 0 Å². The molecule has 0 unspecified atom stereocenters. The molecule has 0 atom stereocenters. The lowest BCUT2D eigenvalue weighted by molar-refractivity contribution is -0.149. The predicted octanol–water partition coefficient (Wildman–Crippen LogP) is 1.19. The number of hydrogen-bond acceptors (Lipinski definition) is 5. The Kier molecular flexibility index (Phi) is 4.62. The minimum absolute atomic E-state index is 0.142. The first-order chi connectivity index (χ1) is 10.2. The molecule has 1 fully saturated rings. The van der Waals surface area contributed by atoms with Crippen LogP contribution in [0.5, 0.6) is 0 Å². The molecule has 1 aromatic rings. The number of methoxy groups -OCH3 is 1. The van der Waals surface area contributed by atoms with E-state index in [2.05, 4.69) is 9.82 Å². The molecule has 0 amide bonds. The highest BCUT2D eigenvalue weighted by atomic mass is 32.2. The Morgan fingerprint density at radius 2 is 1.86 bits per heavy atom. The molecule has 124 valence electrons. The van der Waals surface area contributed by atoms with E-state index in [-0.39, 0.29) is 4.90 Å². The van der Waals surface area contributed by atoms with Crippen LogP contribution in [0.25, 0.3) is 0 Å². The first kappa shape index (κ1) is 17.0. The monoisotopic (exact) mass is 329 g/mol. The maximum Gasteiger partial charge on any atom is 0.327 e. The Labute approximate surface area is 131 Å². The van der Waals surface area contributed by atoms with Gasteiger partial charge in [0.2, 0.25) is 10.0 Å². The topological polar surface area (TPSA) is 90.3 Å². The number of nitrogens with one attached hydrogen (secondary N) is 1. The molecule has 1 heterocycles. The molecule has 0 spiro atoms. The Hall–Kier alpha value is -1.41. The van der Waals surface area contributed by atoms with E-state index in [1.165, 1.54) is 11.8 Å². The first-order valence-electron chi connectivity index (χ1n) is 7.36. The van der Waals surface area contributed by atoms with Crippen molar-refractivity contribution in [1.82, 2.24) is 14.5 Å². The molecule has 22 heavy (non-hydrogen) atoms. The summed E-state index contributed by atoms with van der Waals surface area (Å²) in [6.45, 7) is 3.34. The number of esters is 1. The van der Waals surface area contributed by atoms with Crippen LogP contribution in [-0.2, 0) is 26.6 Å². The van der Waals surface area contributed by atoms with E-state index in [9.17, 15) is 13.2 Å². The van der Waals surface area contributed by atoms with E-state index in [0.717, 1.165) is 19.3 Å². The van der Waals surface area contributed by atoms with Crippen LogP contribution < -0.4 is 4.72 Å². The van der Waals surface area contributed by atoms with Crippen LogP contribution in [0.2, 0.25) is 0 Å². The number of carbonyl (C=O) groups excluding carboxylic acids is 1. The molecule has 1 aromatic heterocycles. The van der Waals surface area contributed by atoms with Gasteiger partial charge < -0.3 is 4.74 Å². The average Bonchev–Trinajstić information content (AvgIpc) is 2.72. The molecule has 0 bridgehead atoms. The molecule has 2 rings (SSSR count). The summed E-state index contributed by atoms with van der Waals surface area (Å²) in [5.74, 6) is -0.519. The van der Waals surface area contributed by atoms with Gasteiger partial charge in [-0.05, 0) is 26.7 Å². The van der Waals surface area contributed by atoms with E-state index < -0.39 is 21.5 Å². The second-order valence-corrected chi connectivity index (χ2v) is 7.48. The lowest BCUT2D eigenvalue weighted by Gasteiger charge is -2.34. The molecule has 1 saturated carbocycles. The zero-order valence-corrected chi connectivity index (χ0v) is 14.3. The minimum atomic E-state index is -3.85. The quantitative estimate of drug-likeness (QED) is 0.838. The van der Waals surface area contributed by atoms with E-state index >= 15 is 0 Å². The SMILES string of the molecule is COC(=O)C1(NS(=O)(=O)c2c(C)nn(C)c2C)CCCCC1. The fraction of sp³-hybridized carbons (Fsp3) is 0.714. The van der Waals surface area contributed by atoms with Crippen molar-refractivity contribution in [2.24, 2.45) is 7.05 Å². The van der Waals surface area contributed by atoms with Crippen LogP contribution in [0.1, 0.15) is 43.5 Å². The highest BCUT2D eigenvalue weighted by molar-refractivity contribution is 7.89. The van der Waals surface area contributed by atoms with Crippen molar-refractivity contribution in [2.45, 2.75) is 56.4 Å². The standard InChI is InChI=1S/C14H23N3O4S/c1-10-12(11(2)17(3)15-10)22(19,20)16-14(13(18)21-4)8-6-5-7-9-14/h16H,5-9H2,1-4H3. The largest absolute Gasteiger partial charge is 0.468 e. The van der Waals surface area contributed by atoms with Crippen molar-refractivity contribution < 1.29 is 17.9 Å². The van der Waals surface area contributed by atoms with E-state index in [4.69, 9.17) is 4.74 Å². The molecule has 0 aliphatic heterocycles. The van der Waals surface area contributed by atoms with Crippen LogP contribution in [0, 0.1) is 13.8 Å². The molecule has 1 aliphatic carbocycles. The van der Waals surface area contributed by atoms with Crippen molar-refractivity contribution in [2.75, 3.05) is 7.11 Å². The van der Waals surface area contributed by atoms with Crippen LogP contribution in [-0.4, -0.2) is 36.8 Å². The predicted molar refractivity (Wildman–Crippen MR) is 80.8 cm³/mol. The highest BCUT2D eigenvalue weighted by Gasteiger charge is 2.45. The molecule has 1 N–H and O–H groups in total. The van der Waals surface area contributed by atoms with Gasteiger partial charge in [0.1, 0.15) is 10.4 Å². The average molecular weight is 329 g/mol. The zero-order chi connectivity index (χ0) is 16.5. The number of sulfonamides is 1. The summed E-state index contributed by atoms with van der Waals surface area (Å²) >= 11 is 0. The van der Waals surface area contributed by atoms with Crippen molar-refractivity contribution in [3.8, 4) is 0 Å². The maximum atomic E-state index is 12.8. The second kappa shape index (κ2) is 6.00. The number of nitrogens with zero attached hydrogens (tertiary/aromatic N) is 2. The lowest BCUT2D eigenvalue weighted by Crippen LogP contribution is -2.56. The van der Waals surface area contributed by atoms with Gasteiger partial charge in [0.05, 0.1) is 18.5 Å². The number of carbonyl (C=O) groups is 1. The van der Waals surface area contributed by atoms with Crippen LogP contribution in [0.4, 0.5) is 0 Å². The maximum absolute atomic E-state index is 12.8. The Morgan fingerprint density at radius 1 is 1.27 bits per heavy atom. The molecule has 0 saturated heterocycles. The molecule has 0 radical (unpaired) electrons. The van der Waals surface area contributed by atoms with Gasteiger partial charge in [-0.15, -0.1) is 0 Å². The van der Waals surface area contributed by atoms with E-state index in [0.29, 0.717) is 24.2 Å². The number of rotatable bonds is 4. The Bertz CT molecular complexity index is 673. The third kappa shape index (κ3) is 2.89. The van der Waals surface area contributed by atoms with Crippen LogP contribution in [0.15, 0.2) is 4.90 Å². The van der Waals surface area contributed by atoms with Gasteiger partial charge in [-0.3, -0.25) is 9.48 Å². The number of hydrogen-bond donors (Lipinski definition) is 1. The van der Waals surface area contributed by atoms with Gasteiger partial charge in [0.15, 0.2) is 0 Å². The third-order valence-electron chi connectivity index (χ3n) is 4.32. The van der Waals surface area contributed by atoms with Gasteiger partial charge in [-0.25, -0.2) is 8.42 Å².